The van der Waals surface area contributed by atoms with Gasteiger partial charge in [-0.3, -0.25) is 0 Å². The molecule has 0 aliphatic rings. The molecule has 0 saturated carbocycles. The fourth-order valence-electron chi connectivity index (χ4n) is 1.45. The van der Waals surface area contributed by atoms with E-state index in [9.17, 15) is 0 Å². The van der Waals surface area contributed by atoms with Crippen LogP contribution in [0.25, 0.3) is 0 Å². The summed E-state index contributed by atoms with van der Waals surface area (Å²) in [5, 5.41) is 1.17. The Hall–Kier alpha value is -0.0400. The monoisotopic (exact) mass is 272 g/mol. The van der Waals surface area contributed by atoms with Gasteiger partial charge in [0.15, 0.2) is 0 Å². The zero-order valence-corrected chi connectivity index (χ0v) is 11.6. The minimum Gasteiger partial charge on any atom is -0.0928 e. The SMILES string of the molecule is CCC=CC=CCCCCCCCCBr. The quantitative estimate of drug-likeness (QED) is 0.275. The molecule has 0 bridgehead atoms. The van der Waals surface area contributed by atoms with Crippen molar-refractivity contribution in [1.82, 2.24) is 0 Å². The summed E-state index contributed by atoms with van der Waals surface area (Å²) in [7, 11) is 0. The average Bonchev–Trinajstić information content (AvgIpc) is 2.26. The van der Waals surface area contributed by atoms with Crippen molar-refractivity contribution in [3.8, 4) is 0 Å². The van der Waals surface area contributed by atoms with Crippen LogP contribution < -0.4 is 0 Å². The smallest absolute Gasteiger partial charge is 0.00313 e. The van der Waals surface area contributed by atoms with Crippen LogP contribution in [0.5, 0.6) is 0 Å². The Morgan fingerprint density at radius 2 is 1.40 bits per heavy atom. The van der Waals surface area contributed by atoms with Crippen LogP contribution in [0.2, 0.25) is 0 Å². The predicted octanol–water partition coefficient (Wildman–Crippen LogP) is 5.63. The van der Waals surface area contributed by atoms with Crippen molar-refractivity contribution in [3.63, 3.8) is 0 Å². The van der Waals surface area contributed by atoms with Crippen molar-refractivity contribution in [3.05, 3.63) is 24.3 Å². The lowest BCUT2D eigenvalue weighted by atomic mass is 10.1. The molecule has 0 aromatic heterocycles. The fourth-order valence-corrected chi connectivity index (χ4v) is 1.85. The van der Waals surface area contributed by atoms with Gasteiger partial charge in [0.25, 0.3) is 0 Å². The molecule has 0 fully saturated rings. The molecule has 1 heteroatoms. The van der Waals surface area contributed by atoms with Crippen LogP contribution in [0.1, 0.15) is 58.3 Å². The lowest BCUT2D eigenvalue weighted by Gasteiger charge is -1.98. The van der Waals surface area contributed by atoms with Crippen LogP contribution in [0, 0.1) is 0 Å². The molecule has 0 aromatic carbocycles. The molecular formula is C14H25Br. The van der Waals surface area contributed by atoms with Crippen LogP contribution in [-0.4, -0.2) is 5.33 Å². The second kappa shape index (κ2) is 14.0. The Balaban J connectivity index is 3.04. The Kier molecular flexibility index (Phi) is 13.9. The molecule has 0 spiro atoms. The summed E-state index contributed by atoms with van der Waals surface area (Å²) in [5.41, 5.74) is 0. The second-order valence-electron chi connectivity index (χ2n) is 3.86. The summed E-state index contributed by atoms with van der Waals surface area (Å²) in [5.74, 6) is 0. The molecule has 0 rings (SSSR count). The molecule has 15 heavy (non-hydrogen) atoms. The predicted molar refractivity (Wildman–Crippen MR) is 74.7 cm³/mol. The van der Waals surface area contributed by atoms with E-state index in [2.05, 4.69) is 47.2 Å². The molecule has 0 aliphatic carbocycles. The molecule has 0 aliphatic heterocycles. The van der Waals surface area contributed by atoms with Crippen molar-refractivity contribution < 1.29 is 0 Å². The van der Waals surface area contributed by atoms with Crippen LogP contribution >= 0.6 is 15.9 Å². The Bertz CT molecular complexity index is 159. The second-order valence-corrected chi connectivity index (χ2v) is 4.66. The summed E-state index contributed by atoms with van der Waals surface area (Å²) < 4.78 is 0. The molecule has 0 atom stereocenters. The first-order valence-electron chi connectivity index (χ1n) is 6.29. The van der Waals surface area contributed by atoms with E-state index >= 15 is 0 Å². The summed E-state index contributed by atoms with van der Waals surface area (Å²) >= 11 is 3.46. The highest BCUT2D eigenvalue weighted by atomic mass is 79.9. The highest BCUT2D eigenvalue weighted by molar-refractivity contribution is 9.09. The van der Waals surface area contributed by atoms with Crippen molar-refractivity contribution in [2.75, 3.05) is 5.33 Å². The summed E-state index contributed by atoms with van der Waals surface area (Å²) in [4.78, 5) is 0. The Morgan fingerprint density at radius 3 is 2.07 bits per heavy atom. The van der Waals surface area contributed by atoms with Gasteiger partial charge in [-0.2, -0.15) is 0 Å². The summed E-state index contributed by atoms with van der Waals surface area (Å²) in [6.45, 7) is 2.16. The fraction of sp³-hybridized carbons (Fsp3) is 0.714. The van der Waals surface area contributed by atoms with Gasteiger partial charge < -0.3 is 0 Å². The van der Waals surface area contributed by atoms with E-state index in [1.165, 1.54) is 50.3 Å². The van der Waals surface area contributed by atoms with E-state index in [0.717, 1.165) is 6.42 Å². The minimum absolute atomic E-state index is 1.14. The highest BCUT2D eigenvalue weighted by Crippen LogP contribution is 2.08. The van der Waals surface area contributed by atoms with Gasteiger partial charge in [-0.25, -0.2) is 0 Å². The third-order valence-electron chi connectivity index (χ3n) is 2.37. The molecule has 0 amide bonds. The minimum atomic E-state index is 1.14. The molecule has 88 valence electrons. The Labute approximate surface area is 104 Å². The number of rotatable bonds is 10. The van der Waals surface area contributed by atoms with Gasteiger partial charge in [-0.15, -0.1) is 0 Å². The van der Waals surface area contributed by atoms with Crippen LogP contribution in [0.3, 0.4) is 0 Å². The third kappa shape index (κ3) is 14.0. The van der Waals surface area contributed by atoms with Gasteiger partial charge in [0.05, 0.1) is 0 Å². The molecule has 0 aromatic rings. The number of hydrogen-bond acceptors (Lipinski definition) is 0. The topological polar surface area (TPSA) is 0 Å². The Morgan fingerprint density at radius 1 is 0.800 bits per heavy atom. The third-order valence-corrected chi connectivity index (χ3v) is 2.93. The first-order chi connectivity index (χ1) is 7.41. The lowest BCUT2D eigenvalue weighted by molar-refractivity contribution is 0.614. The van der Waals surface area contributed by atoms with E-state index < -0.39 is 0 Å². The molecule has 0 saturated heterocycles. The van der Waals surface area contributed by atoms with E-state index in [0.29, 0.717) is 0 Å². The van der Waals surface area contributed by atoms with Crippen molar-refractivity contribution in [2.45, 2.75) is 58.3 Å². The molecule has 0 heterocycles. The first kappa shape index (κ1) is 15.0. The highest BCUT2D eigenvalue weighted by Gasteiger charge is 1.89. The maximum Gasteiger partial charge on any atom is 0.00313 e. The standard InChI is InChI=1S/C14H25Br/c1-2-3-4-5-6-7-8-9-10-11-12-13-14-15/h3-6H,2,7-14H2,1H3. The normalized spacial score (nSPS) is 11.9. The zero-order valence-electron chi connectivity index (χ0n) is 10.1. The van der Waals surface area contributed by atoms with Gasteiger partial charge >= 0.3 is 0 Å². The average molecular weight is 273 g/mol. The summed E-state index contributed by atoms with van der Waals surface area (Å²) in [6, 6.07) is 0. The van der Waals surface area contributed by atoms with Crippen LogP contribution in [0.15, 0.2) is 24.3 Å². The number of unbranched alkanes of at least 4 members (excludes halogenated alkanes) is 6. The largest absolute Gasteiger partial charge is 0.0928 e. The number of allylic oxidation sites excluding steroid dienone is 4. The number of hydrogen-bond donors (Lipinski definition) is 0. The molecule has 0 radical (unpaired) electrons. The van der Waals surface area contributed by atoms with Gasteiger partial charge in [-0.05, 0) is 25.7 Å². The van der Waals surface area contributed by atoms with Crippen molar-refractivity contribution in [2.24, 2.45) is 0 Å². The van der Waals surface area contributed by atoms with E-state index in [-0.39, 0.29) is 0 Å². The van der Waals surface area contributed by atoms with Gasteiger partial charge in [0, 0.05) is 5.33 Å². The van der Waals surface area contributed by atoms with E-state index in [1.807, 2.05) is 0 Å². The summed E-state index contributed by atoms with van der Waals surface area (Å²) in [6.07, 6.45) is 19.5. The molecule has 0 unspecified atom stereocenters. The molecule has 0 N–H and O–H groups in total. The van der Waals surface area contributed by atoms with Crippen LogP contribution in [0.4, 0.5) is 0 Å². The van der Waals surface area contributed by atoms with E-state index in [1.54, 1.807) is 0 Å². The van der Waals surface area contributed by atoms with Gasteiger partial charge in [0.2, 0.25) is 0 Å². The van der Waals surface area contributed by atoms with E-state index in [4.69, 9.17) is 0 Å². The van der Waals surface area contributed by atoms with Crippen molar-refractivity contribution in [1.29, 1.82) is 0 Å². The number of alkyl halides is 1. The number of halogens is 1. The molecular weight excluding hydrogens is 248 g/mol. The molecule has 0 nitrogen and oxygen atoms in total. The maximum atomic E-state index is 3.46. The maximum absolute atomic E-state index is 3.46. The lowest BCUT2D eigenvalue weighted by Crippen LogP contribution is -1.79. The van der Waals surface area contributed by atoms with Gasteiger partial charge in [-0.1, -0.05) is 72.8 Å². The van der Waals surface area contributed by atoms with Crippen LogP contribution in [-0.2, 0) is 0 Å². The zero-order chi connectivity index (χ0) is 11.2. The first-order valence-corrected chi connectivity index (χ1v) is 7.41. The van der Waals surface area contributed by atoms with Crippen molar-refractivity contribution >= 4 is 15.9 Å². The van der Waals surface area contributed by atoms with Gasteiger partial charge in [0.1, 0.15) is 0 Å².